The average molecular weight is 400 g/mol. The number of thiazole rings is 1. The van der Waals surface area contributed by atoms with Crippen LogP contribution < -0.4 is 10.6 Å². The van der Waals surface area contributed by atoms with E-state index in [1.165, 1.54) is 43.5 Å². The summed E-state index contributed by atoms with van der Waals surface area (Å²) >= 11 is 1.70. The Bertz CT molecular complexity index is 762. The molecule has 0 spiro atoms. The molecular formula is C22H33N5S. The molecule has 0 amide bonds. The summed E-state index contributed by atoms with van der Waals surface area (Å²) in [5.41, 5.74) is 3.91. The number of piperidine rings is 1. The topological polar surface area (TPSA) is 52.6 Å². The van der Waals surface area contributed by atoms with Gasteiger partial charge in [0.1, 0.15) is 5.01 Å². The quantitative estimate of drug-likeness (QED) is 0.543. The van der Waals surface area contributed by atoms with Crippen molar-refractivity contribution in [2.45, 2.75) is 58.7 Å². The van der Waals surface area contributed by atoms with E-state index in [0.29, 0.717) is 12.5 Å². The normalized spacial score (nSPS) is 15.8. The molecule has 28 heavy (non-hydrogen) atoms. The standard InChI is InChI=1S/C22H33N5S/c1-17(2)20-16-28-21(26-20)14-25-22(23-3)24-13-18-9-5-6-10-19(18)15-27-11-7-4-8-12-27/h5-6,9-10,16-17H,4,7-8,11-15H2,1-3H3,(H2,23,24,25). The maximum absolute atomic E-state index is 4.68. The Morgan fingerprint density at radius 1 is 1.11 bits per heavy atom. The number of rotatable bonds is 7. The number of hydrogen-bond acceptors (Lipinski definition) is 4. The summed E-state index contributed by atoms with van der Waals surface area (Å²) in [5.74, 6) is 1.29. The van der Waals surface area contributed by atoms with E-state index in [9.17, 15) is 0 Å². The van der Waals surface area contributed by atoms with Gasteiger partial charge in [0, 0.05) is 25.5 Å². The van der Waals surface area contributed by atoms with E-state index < -0.39 is 0 Å². The summed E-state index contributed by atoms with van der Waals surface area (Å²) in [6.07, 6.45) is 4.03. The molecule has 2 heterocycles. The van der Waals surface area contributed by atoms with Gasteiger partial charge in [0.15, 0.2) is 5.96 Å². The number of aliphatic imine (C=N–C) groups is 1. The van der Waals surface area contributed by atoms with Gasteiger partial charge in [-0.2, -0.15) is 0 Å². The monoisotopic (exact) mass is 399 g/mol. The number of likely N-dealkylation sites (tertiary alicyclic amines) is 1. The molecule has 1 aromatic heterocycles. The molecule has 0 unspecified atom stereocenters. The third-order valence-electron chi connectivity index (χ3n) is 5.20. The lowest BCUT2D eigenvalue weighted by molar-refractivity contribution is 0.220. The molecule has 1 aromatic carbocycles. The van der Waals surface area contributed by atoms with Gasteiger partial charge >= 0.3 is 0 Å². The van der Waals surface area contributed by atoms with Crippen molar-refractivity contribution in [2.24, 2.45) is 4.99 Å². The lowest BCUT2D eigenvalue weighted by atomic mass is 10.0. The minimum Gasteiger partial charge on any atom is -0.352 e. The number of nitrogens with zero attached hydrogens (tertiary/aromatic N) is 3. The van der Waals surface area contributed by atoms with Crippen LogP contribution in [0, 0.1) is 0 Å². The zero-order valence-corrected chi connectivity index (χ0v) is 18.2. The molecule has 0 saturated carbocycles. The first-order chi connectivity index (χ1) is 13.7. The van der Waals surface area contributed by atoms with Crippen LogP contribution >= 0.6 is 11.3 Å². The summed E-state index contributed by atoms with van der Waals surface area (Å²) in [7, 11) is 1.82. The molecule has 1 aliphatic heterocycles. The van der Waals surface area contributed by atoms with Crippen LogP contribution in [-0.2, 0) is 19.6 Å². The van der Waals surface area contributed by atoms with Crippen molar-refractivity contribution < 1.29 is 0 Å². The Balaban J connectivity index is 1.53. The van der Waals surface area contributed by atoms with Crippen LogP contribution in [0.3, 0.4) is 0 Å². The van der Waals surface area contributed by atoms with Crippen molar-refractivity contribution in [3.63, 3.8) is 0 Å². The van der Waals surface area contributed by atoms with Gasteiger partial charge in [-0.15, -0.1) is 11.3 Å². The number of aromatic nitrogens is 1. The second-order valence-corrected chi connectivity index (χ2v) is 8.65. The van der Waals surface area contributed by atoms with Gasteiger partial charge in [0.25, 0.3) is 0 Å². The first-order valence-corrected chi connectivity index (χ1v) is 11.2. The maximum Gasteiger partial charge on any atom is 0.191 e. The molecule has 0 radical (unpaired) electrons. The molecule has 1 saturated heterocycles. The van der Waals surface area contributed by atoms with Gasteiger partial charge in [-0.3, -0.25) is 9.89 Å². The molecule has 2 N–H and O–H groups in total. The SMILES string of the molecule is CN=C(NCc1nc(C(C)C)cs1)NCc1ccccc1CN1CCCCC1. The highest BCUT2D eigenvalue weighted by Gasteiger charge is 2.12. The Hall–Kier alpha value is -1.92. The average Bonchev–Trinajstić information content (AvgIpc) is 3.19. The van der Waals surface area contributed by atoms with Gasteiger partial charge < -0.3 is 10.6 Å². The fraction of sp³-hybridized carbons (Fsp3) is 0.545. The number of hydrogen-bond donors (Lipinski definition) is 2. The van der Waals surface area contributed by atoms with E-state index >= 15 is 0 Å². The van der Waals surface area contributed by atoms with Gasteiger partial charge in [-0.25, -0.2) is 4.98 Å². The molecular weight excluding hydrogens is 366 g/mol. The van der Waals surface area contributed by atoms with Gasteiger partial charge in [0.2, 0.25) is 0 Å². The molecule has 1 fully saturated rings. The zero-order chi connectivity index (χ0) is 19.8. The minimum atomic E-state index is 0.471. The lowest BCUT2D eigenvalue weighted by Gasteiger charge is -2.27. The van der Waals surface area contributed by atoms with Gasteiger partial charge in [-0.1, -0.05) is 44.5 Å². The molecule has 0 bridgehead atoms. The van der Waals surface area contributed by atoms with E-state index in [0.717, 1.165) is 29.8 Å². The van der Waals surface area contributed by atoms with E-state index in [2.05, 4.69) is 69.0 Å². The van der Waals surface area contributed by atoms with E-state index in [1.807, 2.05) is 7.05 Å². The van der Waals surface area contributed by atoms with Crippen LogP contribution in [0.15, 0.2) is 34.6 Å². The summed E-state index contributed by atoms with van der Waals surface area (Å²) in [5, 5.41) is 10.1. The van der Waals surface area contributed by atoms with Crippen molar-refractivity contribution in [3.8, 4) is 0 Å². The Morgan fingerprint density at radius 3 is 2.50 bits per heavy atom. The predicted octanol–water partition coefficient (Wildman–Crippen LogP) is 4.12. The number of benzene rings is 1. The fourth-order valence-electron chi connectivity index (χ4n) is 3.47. The summed E-state index contributed by atoms with van der Waals surface area (Å²) in [6.45, 7) is 9.31. The molecule has 3 rings (SSSR count). The Kier molecular flexibility index (Phi) is 7.86. The van der Waals surface area contributed by atoms with Crippen LogP contribution in [0.1, 0.15) is 60.9 Å². The van der Waals surface area contributed by atoms with Crippen LogP contribution in [0.5, 0.6) is 0 Å². The van der Waals surface area contributed by atoms with Gasteiger partial charge in [0.05, 0.1) is 12.2 Å². The zero-order valence-electron chi connectivity index (χ0n) is 17.4. The van der Waals surface area contributed by atoms with Gasteiger partial charge in [-0.05, 0) is 43.0 Å². The molecule has 0 aliphatic carbocycles. The maximum atomic E-state index is 4.68. The summed E-state index contributed by atoms with van der Waals surface area (Å²) in [6, 6.07) is 8.74. The predicted molar refractivity (Wildman–Crippen MR) is 119 cm³/mol. The van der Waals surface area contributed by atoms with Crippen LogP contribution in [0.25, 0.3) is 0 Å². The largest absolute Gasteiger partial charge is 0.352 e. The first-order valence-electron chi connectivity index (χ1n) is 10.3. The summed E-state index contributed by atoms with van der Waals surface area (Å²) < 4.78 is 0. The Morgan fingerprint density at radius 2 is 1.82 bits per heavy atom. The number of guanidine groups is 1. The number of nitrogens with one attached hydrogen (secondary N) is 2. The smallest absolute Gasteiger partial charge is 0.191 e. The third-order valence-corrected chi connectivity index (χ3v) is 6.07. The van der Waals surface area contributed by atoms with Crippen LogP contribution in [0.2, 0.25) is 0 Å². The molecule has 152 valence electrons. The molecule has 0 atom stereocenters. The van der Waals surface area contributed by atoms with Crippen molar-refractivity contribution in [1.29, 1.82) is 0 Å². The highest BCUT2D eigenvalue weighted by molar-refractivity contribution is 7.09. The lowest BCUT2D eigenvalue weighted by Crippen LogP contribution is -2.36. The third kappa shape index (κ3) is 6.04. The van der Waals surface area contributed by atoms with E-state index in [1.54, 1.807) is 11.3 Å². The first kappa shape index (κ1) is 20.8. The van der Waals surface area contributed by atoms with Crippen molar-refractivity contribution in [3.05, 3.63) is 51.5 Å². The van der Waals surface area contributed by atoms with Crippen LogP contribution in [-0.4, -0.2) is 36.0 Å². The second kappa shape index (κ2) is 10.6. The summed E-state index contributed by atoms with van der Waals surface area (Å²) in [4.78, 5) is 11.6. The van der Waals surface area contributed by atoms with E-state index in [4.69, 9.17) is 0 Å². The van der Waals surface area contributed by atoms with Crippen molar-refractivity contribution >= 4 is 17.3 Å². The molecule has 6 heteroatoms. The molecule has 2 aromatic rings. The molecule has 5 nitrogen and oxygen atoms in total. The van der Waals surface area contributed by atoms with Crippen molar-refractivity contribution in [1.82, 2.24) is 20.5 Å². The molecule has 1 aliphatic rings. The second-order valence-electron chi connectivity index (χ2n) is 7.71. The Labute approximate surface area is 173 Å². The fourth-order valence-corrected chi connectivity index (χ4v) is 4.37. The van der Waals surface area contributed by atoms with Crippen molar-refractivity contribution in [2.75, 3.05) is 20.1 Å². The highest BCUT2D eigenvalue weighted by atomic mass is 32.1. The van der Waals surface area contributed by atoms with E-state index in [-0.39, 0.29) is 0 Å². The van der Waals surface area contributed by atoms with Crippen LogP contribution in [0.4, 0.5) is 0 Å². The highest BCUT2D eigenvalue weighted by Crippen LogP contribution is 2.18. The minimum absolute atomic E-state index is 0.471.